The molecule has 1 aromatic rings. The molecule has 2 aliphatic rings. The Hall–Kier alpha value is -1.22. The molecule has 0 aliphatic heterocycles. The van der Waals surface area contributed by atoms with Crippen molar-refractivity contribution in [1.82, 2.24) is 0 Å². The molecular weight excluding hydrogens is 252 g/mol. The van der Waals surface area contributed by atoms with E-state index in [1.807, 2.05) is 18.2 Å². The molecule has 0 spiro atoms. The van der Waals surface area contributed by atoms with E-state index in [2.05, 4.69) is 0 Å². The van der Waals surface area contributed by atoms with Gasteiger partial charge in [-0.2, -0.15) is 0 Å². The van der Waals surface area contributed by atoms with Gasteiger partial charge >= 0.3 is 0 Å². The molecule has 1 aromatic carbocycles. The molecule has 0 aromatic heterocycles. The molecule has 0 radical (unpaired) electrons. The summed E-state index contributed by atoms with van der Waals surface area (Å²) in [4.78, 5) is 0. The zero-order chi connectivity index (χ0) is 14.2. The van der Waals surface area contributed by atoms with Crippen molar-refractivity contribution in [1.29, 1.82) is 0 Å². The van der Waals surface area contributed by atoms with Gasteiger partial charge in [0.1, 0.15) is 11.5 Å². The van der Waals surface area contributed by atoms with Gasteiger partial charge in [0.2, 0.25) is 0 Å². The van der Waals surface area contributed by atoms with Gasteiger partial charge in [0.15, 0.2) is 0 Å². The molecule has 2 atom stereocenters. The summed E-state index contributed by atoms with van der Waals surface area (Å²) in [5.41, 5.74) is 0.189. The van der Waals surface area contributed by atoms with Crippen molar-refractivity contribution in [2.75, 3.05) is 14.2 Å². The van der Waals surface area contributed by atoms with E-state index in [9.17, 15) is 5.11 Å². The van der Waals surface area contributed by atoms with Crippen molar-refractivity contribution in [2.45, 2.75) is 44.1 Å². The van der Waals surface area contributed by atoms with Gasteiger partial charge in [0.05, 0.1) is 19.8 Å². The van der Waals surface area contributed by atoms with Gasteiger partial charge in [-0.3, -0.25) is 0 Å². The highest BCUT2D eigenvalue weighted by atomic mass is 16.5. The predicted octanol–water partition coefficient (Wildman–Crippen LogP) is 3.49. The van der Waals surface area contributed by atoms with Crippen LogP contribution in [0.2, 0.25) is 0 Å². The summed E-state index contributed by atoms with van der Waals surface area (Å²) in [5, 5.41) is 11.1. The van der Waals surface area contributed by atoms with Crippen LogP contribution in [-0.2, 0) is 5.60 Å². The largest absolute Gasteiger partial charge is 0.497 e. The molecule has 1 N–H and O–H groups in total. The number of benzene rings is 1. The second-order valence-corrected chi connectivity index (χ2v) is 6.29. The monoisotopic (exact) mass is 276 g/mol. The number of methoxy groups -OCH3 is 2. The van der Waals surface area contributed by atoms with E-state index in [0.717, 1.165) is 42.2 Å². The first-order valence-electron chi connectivity index (χ1n) is 7.61. The fourth-order valence-electron chi connectivity index (χ4n) is 3.69. The molecule has 2 fully saturated rings. The highest BCUT2D eigenvalue weighted by Gasteiger charge is 2.43. The number of ether oxygens (including phenoxy) is 2. The molecule has 2 saturated carbocycles. The van der Waals surface area contributed by atoms with Crippen molar-refractivity contribution in [3.8, 4) is 11.5 Å². The molecule has 0 heterocycles. The maximum atomic E-state index is 11.1. The lowest BCUT2D eigenvalue weighted by atomic mass is 9.72. The van der Waals surface area contributed by atoms with Gasteiger partial charge in [-0.15, -0.1) is 0 Å². The van der Waals surface area contributed by atoms with Gasteiger partial charge in [-0.1, -0.05) is 0 Å². The van der Waals surface area contributed by atoms with E-state index in [0.29, 0.717) is 5.92 Å². The fourth-order valence-corrected chi connectivity index (χ4v) is 3.69. The standard InChI is InChI=1S/C17H24O3/c1-19-14-7-8-15(16(10-14)20-2)17(18)9-3-4-13(11-17)12-5-6-12/h7-8,10,12-13,18H,3-6,9,11H2,1-2H3. The summed E-state index contributed by atoms with van der Waals surface area (Å²) in [6.45, 7) is 0. The van der Waals surface area contributed by atoms with E-state index in [1.54, 1.807) is 14.2 Å². The second kappa shape index (κ2) is 5.28. The summed E-state index contributed by atoms with van der Waals surface area (Å²) in [6.07, 6.45) is 6.78. The molecule has 110 valence electrons. The molecule has 0 bridgehead atoms. The van der Waals surface area contributed by atoms with Gasteiger partial charge < -0.3 is 14.6 Å². The van der Waals surface area contributed by atoms with Crippen molar-refractivity contribution in [3.63, 3.8) is 0 Å². The van der Waals surface area contributed by atoms with Crippen LogP contribution in [0.4, 0.5) is 0 Å². The van der Waals surface area contributed by atoms with Crippen LogP contribution in [-0.4, -0.2) is 19.3 Å². The van der Waals surface area contributed by atoms with Crippen molar-refractivity contribution >= 4 is 0 Å². The third kappa shape index (κ3) is 2.51. The summed E-state index contributed by atoms with van der Waals surface area (Å²) in [6, 6.07) is 5.75. The third-order valence-corrected chi connectivity index (χ3v) is 4.96. The van der Waals surface area contributed by atoms with Gasteiger partial charge in [-0.05, 0) is 62.5 Å². The van der Waals surface area contributed by atoms with E-state index >= 15 is 0 Å². The van der Waals surface area contributed by atoms with Crippen molar-refractivity contribution in [3.05, 3.63) is 23.8 Å². The van der Waals surface area contributed by atoms with E-state index in [4.69, 9.17) is 9.47 Å². The summed E-state index contributed by atoms with van der Waals surface area (Å²) in [7, 11) is 3.30. The Labute approximate surface area is 120 Å². The SMILES string of the molecule is COc1ccc(C2(O)CCCC(C3CC3)C2)c(OC)c1. The summed E-state index contributed by atoms with van der Waals surface area (Å²) >= 11 is 0. The first-order valence-corrected chi connectivity index (χ1v) is 7.61. The normalized spacial score (nSPS) is 30.1. The van der Waals surface area contributed by atoms with E-state index in [-0.39, 0.29) is 0 Å². The third-order valence-electron chi connectivity index (χ3n) is 4.96. The number of hydrogen-bond donors (Lipinski definition) is 1. The lowest BCUT2D eigenvalue weighted by Gasteiger charge is -2.38. The van der Waals surface area contributed by atoms with E-state index in [1.165, 1.54) is 19.3 Å². The van der Waals surface area contributed by atoms with Crippen molar-refractivity contribution in [2.24, 2.45) is 11.8 Å². The van der Waals surface area contributed by atoms with Crippen LogP contribution in [0.15, 0.2) is 18.2 Å². The quantitative estimate of drug-likeness (QED) is 0.915. The predicted molar refractivity (Wildman–Crippen MR) is 78.1 cm³/mol. The van der Waals surface area contributed by atoms with Gasteiger partial charge in [-0.25, -0.2) is 0 Å². The Balaban J connectivity index is 1.89. The lowest BCUT2D eigenvalue weighted by Crippen LogP contribution is -2.33. The van der Waals surface area contributed by atoms with Crippen LogP contribution in [0.25, 0.3) is 0 Å². The summed E-state index contributed by atoms with van der Waals surface area (Å²) < 4.78 is 10.7. The molecule has 0 saturated heterocycles. The first kappa shape index (κ1) is 13.7. The molecule has 3 heteroatoms. The molecule has 2 aliphatic carbocycles. The van der Waals surface area contributed by atoms with Crippen LogP contribution in [0, 0.1) is 11.8 Å². The van der Waals surface area contributed by atoms with Gasteiger partial charge in [0, 0.05) is 11.6 Å². The Morgan fingerprint density at radius 3 is 2.55 bits per heavy atom. The Morgan fingerprint density at radius 1 is 1.10 bits per heavy atom. The van der Waals surface area contributed by atoms with Gasteiger partial charge in [0.25, 0.3) is 0 Å². The van der Waals surface area contributed by atoms with Crippen LogP contribution >= 0.6 is 0 Å². The maximum Gasteiger partial charge on any atom is 0.128 e. The minimum Gasteiger partial charge on any atom is -0.497 e. The maximum absolute atomic E-state index is 11.1. The number of hydrogen-bond acceptors (Lipinski definition) is 3. The zero-order valence-electron chi connectivity index (χ0n) is 12.4. The molecule has 3 rings (SSSR count). The van der Waals surface area contributed by atoms with Crippen LogP contribution < -0.4 is 9.47 Å². The molecule has 3 nitrogen and oxygen atoms in total. The highest BCUT2D eigenvalue weighted by Crippen LogP contribution is 2.51. The van der Waals surface area contributed by atoms with Crippen LogP contribution in [0.3, 0.4) is 0 Å². The molecule has 20 heavy (non-hydrogen) atoms. The van der Waals surface area contributed by atoms with E-state index < -0.39 is 5.60 Å². The topological polar surface area (TPSA) is 38.7 Å². The first-order chi connectivity index (χ1) is 9.66. The minimum absolute atomic E-state index is 0.681. The fraction of sp³-hybridized carbons (Fsp3) is 0.647. The Bertz CT molecular complexity index is 481. The highest BCUT2D eigenvalue weighted by molar-refractivity contribution is 5.44. The molecule has 0 amide bonds. The summed E-state index contributed by atoms with van der Waals surface area (Å²) in [5.74, 6) is 3.04. The second-order valence-electron chi connectivity index (χ2n) is 6.29. The lowest BCUT2D eigenvalue weighted by molar-refractivity contribution is -0.0267. The average Bonchev–Trinajstić information content (AvgIpc) is 3.31. The van der Waals surface area contributed by atoms with Crippen LogP contribution in [0.1, 0.15) is 44.1 Å². The minimum atomic E-state index is -0.733. The molecular formula is C17H24O3. The zero-order valence-corrected chi connectivity index (χ0v) is 12.4. The Kier molecular flexibility index (Phi) is 3.63. The smallest absolute Gasteiger partial charge is 0.128 e. The van der Waals surface area contributed by atoms with Crippen LogP contribution in [0.5, 0.6) is 11.5 Å². The Morgan fingerprint density at radius 2 is 1.90 bits per heavy atom. The average molecular weight is 276 g/mol. The number of aliphatic hydroxyl groups is 1. The molecule has 2 unspecified atom stereocenters. The van der Waals surface area contributed by atoms with Crippen molar-refractivity contribution < 1.29 is 14.6 Å². The number of rotatable bonds is 4.